The topological polar surface area (TPSA) is 140 Å². The number of benzene rings is 3. The number of hydrogen-bond acceptors (Lipinski definition) is 9. The first-order chi connectivity index (χ1) is 21.2. The number of hydrazone groups is 1. The highest BCUT2D eigenvalue weighted by molar-refractivity contribution is 9.10. The van der Waals surface area contributed by atoms with E-state index in [0.717, 1.165) is 10.0 Å². The SMILES string of the molecule is CCOc1cc([C@@H]2NC(=O)NC(C)=C2C(=O)OC)ccc1OC[C@H](O)N/N=C\c1cc(Br)ccc1OCc1ccc(Cl)cc1. The monoisotopic (exact) mass is 686 g/mol. The number of methoxy groups -OCH3 is 1. The highest BCUT2D eigenvalue weighted by Crippen LogP contribution is 2.35. The third-order valence-electron chi connectivity index (χ3n) is 6.38. The van der Waals surface area contributed by atoms with Gasteiger partial charge >= 0.3 is 12.0 Å². The molecule has 2 atom stereocenters. The molecule has 2 amide bonds. The van der Waals surface area contributed by atoms with Crippen molar-refractivity contribution in [3.63, 3.8) is 0 Å². The summed E-state index contributed by atoms with van der Waals surface area (Å²) in [7, 11) is 1.27. The summed E-state index contributed by atoms with van der Waals surface area (Å²) in [5.41, 5.74) is 5.53. The van der Waals surface area contributed by atoms with Crippen LogP contribution >= 0.6 is 27.5 Å². The Kier molecular flexibility index (Phi) is 11.5. The molecule has 0 unspecified atom stereocenters. The smallest absolute Gasteiger partial charge is 0.337 e. The van der Waals surface area contributed by atoms with E-state index in [1.54, 1.807) is 37.3 Å². The quantitative estimate of drug-likeness (QED) is 0.0833. The molecule has 0 bridgehead atoms. The van der Waals surface area contributed by atoms with Crippen LogP contribution in [0.5, 0.6) is 17.2 Å². The van der Waals surface area contributed by atoms with Gasteiger partial charge in [-0.25, -0.2) is 9.59 Å². The maximum Gasteiger partial charge on any atom is 0.337 e. The van der Waals surface area contributed by atoms with Crippen LogP contribution in [0.1, 0.15) is 36.6 Å². The second kappa shape index (κ2) is 15.5. The molecule has 4 rings (SSSR count). The van der Waals surface area contributed by atoms with E-state index in [0.29, 0.717) is 52.3 Å². The average molecular weight is 688 g/mol. The number of carbonyl (C=O) groups is 2. The molecule has 1 heterocycles. The minimum Gasteiger partial charge on any atom is -0.490 e. The largest absolute Gasteiger partial charge is 0.490 e. The molecule has 13 heteroatoms. The summed E-state index contributed by atoms with van der Waals surface area (Å²) in [5, 5.41) is 20.6. The maximum atomic E-state index is 12.4. The van der Waals surface area contributed by atoms with Gasteiger partial charge in [0.1, 0.15) is 19.0 Å². The Balaban J connectivity index is 1.40. The minimum atomic E-state index is -1.16. The summed E-state index contributed by atoms with van der Waals surface area (Å²) in [6, 6.07) is 16.7. The maximum absolute atomic E-state index is 12.4. The molecule has 4 N–H and O–H groups in total. The van der Waals surface area contributed by atoms with Gasteiger partial charge in [0.25, 0.3) is 0 Å². The molecular formula is C31H32BrClN4O7. The van der Waals surface area contributed by atoms with Crippen LogP contribution in [-0.2, 0) is 16.1 Å². The zero-order chi connectivity index (χ0) is 31.6. The lowest BCUT2D eigenvalue weighted by molar-refractivity contribution is -0.136. The van der Waals surface area contributed by atoms with Crippen molar-refractivity contribution >= 4 is 45.7 Å². The summed E-state index contributed by atoms with van der Waals surface area (Å²) in [4.78, 5) is 24.6. The zero-order valence-electron chi connectivity index (χ0n) is 24.2. The molecule has 0 aliphatic carbocycles. The first-order valence-electron chi connectivity index (χ1n) is 13.6. The van der Waals surface area contributed by atoms with Gasteiger partial charge in [-0.3, -0.25) is 5.43 Å². The number of carbonyl (C=O) groups excluding carboxylic acids is 2. The lowest BCUT2D eigenvalue weighted by atomic mass is 9.95. The Morgan fingerprint density at radius 1 is 1.09 bits per heavy atom. The third-order valence-corrected chi connectivity index (χ3v) is 7.12. The first-order valence-corrected chi connectivity index (χ1v) is 14.7. The number of halogens is 2. The zero-order valence-corrected chi connectivity index (χ0v) is 26.6. The first kappa shape index (κ1) is 32.6. The number of esters is 1. The fourth-order valence-corrected chi connectivity index (χ4v) is 4.81. The Labute approximate surface area is 268 Å². The van der Waals surface area contributed by atoms with Gasteiger partial charge in [0.2, 0.25) is 0 Å². The van der Waals surface area contributed by atoms with Crippen molar-refractivity contribution in [2.75, 3.05) is 20.3 Å². The van der Waals surface area contributed by atoms with Gasteiger partial charge in [0, 0.05) is 20.8 Å². The highest BCUT2D eigenvalue weighted by atomic mass is 79.9. The second-order valence-corrected chi connectivity index (χ2v) is 10.9. The average Bonchev–Trinajstić information content (AvgIpc) is 3.00. The van der Waals surface area contributed by atoms with E-state index in [4.69, 9.17) is 30.5 Å². The molecule has 0 spiro atoms. The van der Waals surface area contributed by atoms with E-state index in [1.807, 2.05) is 37.3 Å². The number of amides is 2. The van der Waals surface area contributed by atoms with Crippen LogP contribution in [0.15, 0.2) is 81.5 Å². The summed E-state index contributed by atoms with van der Waals surface area (Å²) in [6.45, 7) is 3.95. The molecule has 1 aliphatic rings. The highest BCUT2D eigenvalue weighted by Gasteiger charge is 2.32. The molecule has 0 saturated carbocycles. The van der Waals surface area contributed by atoms with E-state index >= 15 is 0 Å². The molecule has 232 valence electrons. The van der Waals surface area contributed by atoms with E-state index < -0.39 is 24.3 Å². The van der Waals surface area contributed by atoms with Gasteiger partial charge in [0.05, 0.1) is 31.5 Å². The van der Waals surface area contributed by atoms with Gasteiger partial charge in [-0.15, -0.1) is 0 Å². The van der Waals surface area contributed by atoms with Crippen molar-refractivity contribution < 1.29 is 33.6 Å². The third kappa shape index (κ3) is 8.65. The van der Waals surface area contributed by atoms with Crippen LogP contribution in [0.2, 0.25) is 5.02 Å². The van der Waals surface area contributed by atoms with Crippen LogP contribution in [-0.4, -0.2) is 49.9 Å². The minimum absolute atomic E-state index is 0.161. The van der Waals surface area contributed by atoms with Crippen LogP contribution in [0.4, 0.5) is 4.79 Å². The van der Waals surface area contributed by atoms with Gasteiger partial charge in [0.15, 0.2) is 17.7 Å². The molecule has 0 saturated heterocycles. The van der Waals surface area contributed by atoms with Crippen molar-refractivity contribution in [1.29, 1.82) is 0 Å². The van der Waals surface area contributed by atoms with Gasteiger partial charge in [-0.05, 0) is 67.4 Å². The lowest BCUT2D eigenvalue weighted by Crippen LogP contribution is -2.45. The fraction of sp³-hybridized carbons (Fsp3) is 0.258. The Morgan fingerprint density at radius 3 is 2.57 bits per heavy atom. The predicted molar refractivity (Wildman–Crippen MR) is 169 cm³/mol. The number of hydrogen-bond donors (Lipinski definition) is 4. The predicted octanol–water partition coefficient (Wildman–Crippen LogP) is 5.20. The number of nitrogens with zero attached hydrogens (tertiary/aromatic N) is 1. The second-order valence-electron chi connectivity index (χ2n) is 9.51. The van der Waals surface area contributed by atoms with Crippen molar-refractivity contribution in [3.8, 4) is 17.2 Å². The number of rotatable bonds is 13. The van der Waals surface area contributed by atoms with Crippen molar-refractivity contribution in [2.45, 2.75) is 32.7 Å². The summed E-state index contributed by atoms with van der Waals surface area (Å²) in [6.07, 6.45) is 0.374. The van der Waals surface area contributed by atoms with Crippen molar-refractivity contribution in [2.24, 2.45) is 5.10 Å². The number of ether oxygens (including phenoxy) is 4. The summed E-state index contributed by atoms with van der Waals surface area (Å²) < 4.78 is 23.3. The standard InChI is InChI=1S/C31H32BrClN4O7/c1-4-42-26-14-20(29-28(30(39)41-3)18(2)35-31(40)36-29)7-11-25(26)44-17-27(38)37-34-15-21-13-22(32)8-12-24(21)43-16-19-5-9-23(33)10-6-19/h5-15,27,29,37-38H,4,16-17H2,1-3H3,(H2,35,36,40)/b34-15-/t27-,29-/m0/s1. The molecule has 11 nitrogen and oxygen atoms in total. The fourth-order valence-electron chi connectivity index (χ4n) is 4.31. The lowest BCUT2D eigenvalue weighted by Gasteiger charge is -2.28. The van der Waals surface area contributed by atoms with Crippen LogP contribution < -0.4 is 30.3 Å². The summed E-state index contributed by atoms with van der Waals surface area (Å²) in [5.74, 6) is 0.750. The Bertz CT molecular complexity index is 1550. The van der Waals surface area contributed by atoms with Gasteiger partial charge in [-0.1, -0.05) is 45.7 Å². The molecule has 0 radical (unpaired) electrons. The molecule has 0 aromatic heterocycles. The number of nitrogens with one attached hydrogen (secondary N) is 3. The van der Waals surface area contributed by atoms with Crippen LogP contribution in [0.3, 0.4) is 0 Å². The molecular weight excluding hydrogens is 656 g/mol. The molecule has 1 aliphatic heterocycles. The van der Waals surface area contributed by atoms with E-state index in [9.17, 15) is 14.7 Å². The van der Waals surface area contributed by atoms with Crippen LogP contribution in [0, 0.1) is 0 Å². The van der Waals surface area contributed by atoms with Crippen molar-refractivity contribution in [1.82, 2.24) is 16.1 Å². The molecule has 3 aromatic carbocycles. The normalized spacial score (nSPS) is 15.3. The van der Waals surface area contributed by atoms with Gasteiger partial charge < -0.3 is 34.7 Å². The number of aliphatic hydroxyl groups is 1. The molecule has 0 fully saturated rings. The number of aliphatic hydroxyl groups excluding tert-OH is 1. The Hall–Kier alpha value is -4.26. The van der Waals surface area contributed by atoms with E-state index in [1.165, 1.54) is 13.3 Å². The molecule has 44 heavy (non-hydrogen) atoms. The number of urea groups is 1. The van der Waals surface area contributed by atoms with Gasteiger partial charge in [-0.2, -0.15) is 5.10 Å². The number of allylic oxidation sites excluding steroid dienone is 1. The Morgan fingerprint density at radius 2 is 1.84 bits per heavy atom. The van der Waals surface area contributed by atoms with Crippen molar-refractivity contribution in [3.05, 3.63) is 98.1 Å². The summed E-state index contributed by atoms with van der Waals surface area (Å²) >= 11 is 9.42. The van der Waals surface area contributed by atoms with E-state index in [2.05, 4.69) is 37.1 Å². The molecule has 3 aromatic rings. The van der Waals surface area contributed by atoms with Crippen LogP contribution in [0.25, 0.3) is 0 Å². The van der Waals surface area contributed by atoms with E-state index in [-0.39, 0.29) is 12.2 Å².